The van der Waals surface area contributed by atoms with Crippen LogP contribution in [0.15, 0.2) is 12.1 Å². The Balaban J connectivity index is 2.21. The highest BCUT2D eigenvalue weighted by atomic mass is 16.7. The minimum absolute atomic E-state index is 0.294. The first kappa shape index (κ1) is 12.0. The van der Waals surface area contributed by atoms with E-state index in [0.717, 1.165) is 29.4 Å². The average Bonchev–Trinajstić information content (AvgIpc) is 2.73. The summed E-state index contributed by atoms with van der Waals surface area (Å²) in [6.45, 7) is 6.01. The van der Waals surface area contributed by atoms with Crippen LogP contribution < -0.4 is 19.5 Å². The summed E-state index contributed by atoms with van der Waals surface area (Å²) in [4.78, 5) is 0. The fraction of sp³-hybridized carbons (Fsp3) is 0.538. The van der Waals surface area contributed by atoms with Gasteiger partial charge in [-0.25, -0.2) is 0 Å². The summed E-state index contributed by atoms with van der Waals surface area (Å²) in [5.74, 6) is 2.94. The van der Waals surface area contributed by atoms with Gasteiger partial charge in [-0.15, -0.1) is 0 Å². The van der Waals surface area contributed by atoms with Crippen LogP contribution >= 0.6 is 0 Å². The number of rotatable bonds is 5. The van der Waals surface area contributed by atoms with Gasteiger partial charge in [-0.3, -0.25) is 0 Å². The molecule has 17 heavy (non-hydrogen) atoms. The number of ether oxygens (including phenoxy) is 3. The smallest absolute Gasteiger partial charge is 0.231 e. The zero-order chi connectivity index (χ0) is 12.3. The van der Waals surface area contributed by atoms with Gasteiger partial charge in [-0.2, -0.15) is 0 Å². The summed E-state index contributed by atoms with van der Waals surface area (Å²) < 4.78 is 16.5. The lowest BCUT2D eigenvalue weighted by Crippen LogP contribution is -2.10. The lowest BCUT2D eigenvalue weighted by molar-refractivity contribution is 0.173. The second kappa shape index (κ2) is 5.27. The third-order valence-corrected chi connectivity index (χ3v) is 2.50. The van der Waals surface area contributed by atoms with Gasteiger partial charge in [0.1, 0.15) is 5.75 Å². The van der Waals surface area contributed by atoms with E-state index in [2.05, 4.69) is 19.2 Å². The number of hydrogen-bond donors (Lipinski definition) is 1. The maximum Gasteiger partial charge on any atom is 0.231 e. The number of fused-ring (bicyclic) bond motifs is 1. The topological polar surface area (TPSA) is 39.7 Å². The highest BCUT2D eigenvalue weighted by molar-refractivity contribution is 5.51. The first-order valence-corrected chi connectivity index (χ1v) is 5.90. The van der Waals surface area contributed by atoms with Crippen LogP contribution in [0.25, 0.3) is 0 Å². The Morgan fingerprint density at radius 3 is 2.65 bits per heavy atom. The maximum atomic E-state index is 5.80. The van der Waals surface area contributed by atoms with Crippen molar-refractivity contribution < 1.29 is 14.2 Å². The quantitative estimate of drug-likeness (QED) is 0.852. The van der Waals surface area contributed by atoms with Gasteiger partial charge in [0, 0.05) is 18.2 Å². The molecular formula is C13H19NO3. The molecule has 1 aliphatic heterocycles. The molecule has 0 radical (unpaired) electrons. The van der Waals surface area contributed by atoms with Crippen molar-refractivity contribution in [3.05, 3.63) is 17.7 Å². The molecule has 0 aliphatic carbocycles. The molecule has 1 heterocycles. The van der Waals surface area contributed by atoms with Crippen molar-refractivity contribution in [1.82, 2.24) is 5.32 Å². The highest BCUT2D eigenvalue weighted by Crippen LogP contribution is 2.38. The molecule has 0 amide bonds. The summed E-state index contributed by atoms with van der Waals surface area (Å²) >= 11 is 0. The van der Waals surface area contributed by atoms with Crippen LogP contribution in [0.5, 0.6) is 17.2 Å². The Hall–Kier alpha value is -1.42. The average molecular weight is 237 g/mol. The molecule has 0 bridgehead atoms. The molecular weight excluding hydrogens is 218 g/mol. The molecule has 0 saturated carbocycles. The van der Waals surface area contributed by atoms with Gasteiger partial charge in [0.05, 0.1) is 6.61 Å². The Kier molecular flexibility index (Phi) is 3.74. The van der Waals surface area contributed by atoms with Gasteiger partial charge in [-0.05, 0) is 19.0 Å². The van der Waals surface area contributed by atoms with Crippen molar-refractivity contribution in [2.45, 2.75) is 20.4 Å². The Morgan fingerprint density at radius 2 is 2.00 bits per heavy atom. The summed E-state index contributed by atoms with van der Waals surface area (Å²) in [6.07, 6.45) is 0. The zero-order valence-corrected chi connectivity index (χ0v) is 10.6. The predicted molar refractivity (Wildman–Crippen MR) is 65.7 cm³/mol. The first-order chi connectivity index (χ1) is 8.20. The molecule has 4 heteroatoms. The van der Waals surface area contributed by atoms with E-state index >= 15 is 0 Å². The molecule has 1 aliphatic rings. The summed E-state index contributed by atoms with van der Waals surface area (Å²) in [5, 5.41) is 3.13. The van der Waals surface area contributed by atoms with Gasteiger partial charge in [0.15, 0.2) is 11.5 Å². The van der Waals surface area contributed by atoms with E-state index in [9.17, 15) is 0 Å². The Bertz CT molecular complexity index is 390. The molecule has 1 N–H and O–H groups in total. The minimum Gasteiger partial charge on any atom is -0.493 e. The van der Waals surface area contributed by atoms with E-state index in [4.69, 9.17) is 14.2 Å². The highest BCUT2D eigenvalue weighted by Gasteiger charge is 2.17. The second-order valence-electron chi connectivity index (χ2n) is 4.55. The van der Waals surface area contributed by atoms with Crippen LogP contribution in [0.3, 0.4) is 0 Å². The van der Waals surface area contributed by atoms with E-state index in [1.165, 1.54) is 0 Å². The SMILES string of the molecule is CNCc1cc2c(cc1OCC(C)C)OCO2. The van der Waals surface area contributed by atoms with Crippen LogP contribution in [0, 0.1) is 5.92 Å². The standard InChI is InChI=1S/C13H19NO3/c1-9(2)7-15-11-5-13-12(16-8-17-13)4-10(11)6-14-3/h4-5,9,14H,6-8H2,1-3H3. The molecule has 0 unspecified atom stereocenters. The van der Waals surface area contributed by atoms with Gasteiger partial charge < -0.3 is 19.5 Å². The van der Waals surface area contributed by atoms with Gasteiger partial charge in [0.25, 0.3) is 0 Å². The van der Waals surface area contributed by atoms with E-state index in [-0.39, 0.29) is 0 Å². The Labute approximate surface area is 102 Å². The van der Waals surface area contributed by atoms with Crippen molar-refractivity contribution in [1.29, 1.82) is 0 Å². The summed E-state index contributed by atoms with van der Waals surface area (Å²) in [6, 6.07) is 3.89. The molecule has 4 nitrogen and oxygen atoms in total. The van der Waals surface area contributed by atoms with Crippen molar-refractivity contribution in [2.24, 2.45) is 5.92 Å². The summed E-state index contributed by atoms with van der Waals surface area (Å²) in [7, 11) is 1.91. The molecule has 0 aromatic heterocycles. The van der Waals surface area contributed by atoms with Crippen LogP contribution in [-0.2, 0) is 6.54 Å². The molecule has 1 aromatic rings. The number of benzene rings is 1. The molecule has 0 atom stereocenters. The van der Waals surface area contributed by atoms with Gasteiger partial charge in [-0.1, -0.05) is 13.8 Å². The van der Waals surface area contributed by atoms with E-state index in [1.807, 2.05) is 19.2 Å². The van der Waals surface area contributed by atoms with E-state index in [0.29, 0.717) is 19.3 Å². The number of nitrogens with one attached hydrogen (secondary N) is 1. The van der Waals surface area contributed by atoms with Crippen LogP contribution in [0.1, 0.15) is 19.4 Å². The fourth-order valence-electron chi connectivity index (χ4n) is 1.68. The molecule has 2 rings (SSSR count). The molecule has 1 aromatic carbocycles. The largest absolute Gasteiger partial charge is 0.493 e. The molecule has 94 valence electrons. The third kappa shape index (κ3) is 2.82. The third-order valence-electron chi connectivity index (χ3n) is 2.50. The minimum atomic E-state index is 0.294. The van der Waals surface area contributed by atoms with E-state index < -0.39 is 0 Å². The van der Waals surface area contributed by atoms with Crippen LogP contribution in [0.4, 0.5) is 0 Å². The maximum absolute atomic E-state index is 5.80. The summed E-state index contributed by atoms with van der Waals surface area (Å²) in [5.41, 5.74) is 1.09. The van der Waals surface area contributed by atoms with Gasteiger partial charge in [0.2, 0.25) is 6.79 Å². The second-order valence-corrected chi connectivity index (χ2v) is 4.55. The normalized spacial score (nSPS) is 13.2. The first-order valence-electron chi connectivity index (χ1n) is 5.90. The van der Waals surface area contributed by atoms with Crippen molar-refractivity contribution in [2.75, 3.05) is 20.4 Å². The van der Waals surface area contributed by atoms with Crippen molar-refractivity contribution in [3.8, 4) is 17.2 Å². The predicted octanol–water partition coefficient (Wildman–Crippen LogP) is 2.17. The molecule has 0 spiro atoms. The fourth-order valence-corrected chi connectivity index (χ4v) is 1.68. The van der Waals surface area contributed by atoms with E-state index in [1.54, 1.807) is 0 Å². The lowest BCUT2D eigenvalue weighted by Gasteiger charge is -2.13. The van der Waals surface area contributed by atoms with Crippen molar-refractivity contribution >= 4 is 0 Å². The van der Waals surface area contributed by atoms with Crippen LogP contribution in [0.2, 0.25) is 0 Å². The van der Waals surface area contributed by atoms with Crippen LogP contribution in [-0.4, -0.2) is 20.4 Å². The lowest BCUT2D eigenvalue weighted by atomic mass is 10.1. The monoisotopic (exact) mass is 237 g/mol. The Morgan fingerprint density at radius 1 is 1.29 bits per heavy atom. The zero-order valence-electron chi connectivity index (χ0n) is 10.6. The molecule has 0 fully saturated rings. The van der Waals surface area contributed by atoms with Gasteiger partial charge >= 0.3 is 0 Å². The number of hydrogen-bond acceptors (Lipinski definition) is 4. The molecule has 0 saturated heterocycles. The van der Waals surface area contributed by atoms with Crippen molar-refractivity contribution in [3.63, 3.8) is 0 Å².